The van der Waals surface area contributed by atoms with Crippen LogP contribution in [0.15, 0.2) is 18.2 Å². The van der Waals surface area contributed by atoms with Gasteiger partial charge in [-0.05, 0) is 32.0 Å². The fraction of sp³-hybridized carbons (Fsp3) is 0.357. The summed E-state index contributed by atoms with van der Waals surface area (Å²) in [7, 11) is 0. The topological polar surface area (TPSA) is 43.8 Å². The van der Waals surface area contributed by atoms with E-state index in [2.05, 4.69) is 5.10 Å². The Kier molecular flexibility index (Phi) is 4.40. The van der Waals surface area contributed by atoms with Gasteiger partial charge in [0.05, 0.1) is 16.4 Å². The first-order valence-electron chi connectivity index (χ1n) is 6.36. The van der Waals surface area contributed by atoms with Gasteiger partial charge in [0, 0.05) is 24.6 Å². The van der Waals surface area contributed by atoms with Crippen LogP contribution >= 0.6 is 11.6 Å². The van der Waals surface area contributed by atoms with Crippen molar-refractivity contribution in [1.82, 2.24) is 9.78 Å². The highest BCUT2D eigenvalue weighted by Gasteiger charge is 2.19. The summed E-state index contributed by atoms with van der Waals surface area (Å²) in [5.41, 5.74) is 7.58. The van der Waals surface area contributed by atoms with Gasteiger partial charge in [0.25, 0.3) is 0 Å². The van der Waals surface area contributed by atoms with Gasteiger partial charge in [0.2, 0.25) is 0 Å². The normalized spacial score (nSPS) is 12.7. The number of nitrogens with zero attached hydrogens (tertiary/aromatic N) is 2. The van der Waals surface area contributed by atoms with Crippen LogP contribution in [0.2, 0.25) is 5.02 Å². The monoisotopic (exact) mass is 299 g/mol. The maximum absolute atomic E-state index is 13.7. The lowest BCUT2D eigenvalue weighted by molar-refractivity contribution is 0.544. The van der Waals surface area contributed by atoms with Gasteiger partial charge in [0.15, 0.2) is 0 Å². The van der Waals surface area contributed by atoms with Crippen LogP contribution < -0.4 is 5.73 Å². The summed E-state index contributed by atoms with van der Waals surface area (Å²) in [5.74, 6) is -1.03. The fourth-order valence-corrected chi connectivity index (χ4v) is 2.39. The van der Waals surface area contributed by atoms with Crippen molar-refractivity contribution in [3.63, 3.8) is 0 Å². The Morgan fingerprint density at radius 1 is 1.40 bits per heavy atom. The van der Waals surface area contributed by atoms with E-state index < -0.39 is 17.7 Å². The molecule has 20 heavy (non-hydrogen) atoms. The van der Waals surface area contributed by atoms with E-state index in [4.69, 9.17) is 17.3 Å². The predicted molar refractivity (Wildman–Crippen MR) is 74.6 cm³/mol. The first kappa shape index (κ1) is 14.9. The van der Waals surface area contributed by atoms with Gasteiger partial charge in [0.1, 0.15) is 11.6 Å². The van der Waals surface area contributed by atoms with Crippen molar-refractivity contribution in [2.45, 2.75) is 32.9 Å². The molecule has 1 aromatic carbocycles. The number of benzene rings is 1. The van der Waals surface area contributed by atoms with Crippen LogP contribution in [-0.4, -0.2) is 9.78 Å². The van der Waals surface area contributed by atoms with Gasteiger partial charge in [-0.2, -0.15) is 5.10 Å². The average Bonchev–Trinajstić information content (AvgIpc) is 2.69. The second-order valence-electron chi connectivity index (χ2n) is 4.64. The second kappa shape index (κ2) is 5.89. The third-order valence-corrected chi connectivity index (χ3v) is 3.72. The zero-order valence-corrected chi connectivity index (χ0v) is 12.1. The van der Waals surface area contributed by atoms with E-state index in [1.165, 1.54) is 0 Å². The Morgan fingerprint density at radius 2 is 2.10 bits per heavy atom. The van der Waals surface area contributed by atoms with Crippen LogP contribution in [0, 0.1) is 18.6 Å². The van der Waals surface area contributed by atoms with Crippen LogP contribution in [0.25, 0.3) is 0 Å². The smallest absolute Gasteiger partial charge is 0.128 e. The largest absolute Gasteiger partial charge is 0.324 e. The summed E-state index contributed by atoms with van der Waals surface area (Å²) >= 11 is 6.19. The molecule has 0 amide bonds. The van der Waals surface area contributed by atoms with E-state index in [0.717, 1.165) is 23.9 Å². The molecular formula is C14H16ClF2N3. The van der Waals surface area contributed by atoms with Crippen LogP contribution in [0.3, 0.4) is 0 Å². The Hall–Kier alpha value is -1.46. The van der Waals surface area contributed by atoms with Crippen molar-refractivity contribution in [1.29, 1.82) is 0 Å². The zero-order chi connectivity index (χ0) is 14.9. The quantitative estimate of drug-likeness (QED) is 0.940. The minimum atomic E-state index is -0.676. The molecule has 1 heterocycles. The van der Waals surface area contributed by atoms with Gasteiger partial charge in [-0.15, -0.1) is 0 Å². The number of aryl methyl sites for hydroxylation is 2. The molecular weight excluding hydrogens is 284 g/mol. The number of aromatic nitrogens is 2. The molecule has 0 fully saturated rings. The molecule has 2 aromatic rings. The van der Waals surface area contributed by atoms with Gasteiger partial charge in [-0.25, -0.2) is 8.78 Å². The highest BCUT2D eigenvalue weighted by molar-refractivity contribution is 6.31. The van der Waals surface area contributed by atoms with E-state index in [1.807, 2.05) is 6.92 Å². The maximum Gasteiger partial charge on any atom is 0.128 e. The molecule has 0 aliphatic rings. The Balaban J connectivity index is 2.32. The molecule has 0 aliphatic carbocycles. The number of halogens is 3. The summed E-state index contributed by atoms with van der Waals surface area (Å²) in [5, 5.41) is 4.80. The molecule has 1 aromatic heterocycles. The maximum atomic E-state index is 13.7. The lowest BCUT2D eigenvalue weighted by Crippen LogP contribution is -2.18. The average molecular weight is 300 g/mol. The molecule has 0 radical (unpaired) electrons. The number of nitrogens with two attached hydrogens (primary N) is 1. The second-order valence-corrected chi connectivity index (χ2v) is 5.02. The van der Waals surface area contributed by atoms with Gasteiger partial charge < -0.3 is 5.73 Å². The summed E-state index contributed by atoms with van der Waals surface area (Å²) in [6.45, 7) is 4.37. The van der Waals surface area contributed by atoms with Gasteiger partial charge in [-0.3, -0.25) is 4.68 Å². The Bertz CT molecular complexity index is 625. The SMILES string of the molecule is CCn1nc(C)c(Cl)c1CC(N)c1cc(F)ccc1F. The first-order valence-corrected chi connectivity index (χ1v) is 6.74. The van der Waals surface area contributed by atoms with Crippen LogP contribution in [0.4, 0.5) is 8.78 Å². The number of hydrogen-bond donors (Lipinski definition) is 1. The Morgan fingerprint density at radius 3 is 2.75 bits per heavy atom. The fourth-order valence-electron chi connectivity index (χ4n) is 2.18. The summed E-state index contributed by atoms with van der Waals surface area (Å²) in [6, 6.07) is 2.59. The highest BCUT2D eigenvalue weighted by atomic mass is 35.5. The standard InChI is InChI=1S/C14H16ClF2N3/c1-3-20-13(14(15)8(2)19-20)7-12(18)10-6-9(16)4-5-11(10)17/h4-6,12H,3,7,18H2,1-2H3. The molecule has 0 spiro atoms. The molecule has 0 aliphatic heterocycles. The minimum absolute atomic E-state index is 0.141. The molecule has 2 N–H and O–H groups in total. The van der Waals surface area contributed by atoms with Crippen molar-refractivity contribution < 1.29 is 8.78 Å². The molecule has 1 unspecified atom stereocenters. The van der Waals surface area contributed by atoms with Gasteiger partial charge in [-0.1, -0.05) is 11.6 Å². The lowest BCUT2D eigenvalue weighted by atomic mass is 10.0. The first-order chi connectivity index (χ1) is 9.43. The van der Waals surface area contributed by atoms with Gasteiger partial charge >= 0.3 is 0 Å². The molecule has 108 valence electrons. The van der Waals surface area contributed by atoms with E-state index >= 15 is 0 Å². The van der Waals surface area contributed by atoms with E-state index in [-0.39, 0.29) is 5.56 Å². The van der Waals surface area contributed by atoms with Crippen LogP contribution in [0.5, 0.6) is 0 Å². The molecule has 0 bridgehead atoms. The summed E-state index contributed by atoms with van der Waals surface area (Å²) in [6.07, 6.45) is 0.299. The van der Waals surface area contributed by atoms with E-state index in [1.54, 1.807) is 11.6 Å². The molecule has 0 saturated carbocycles. The zero-order valence-electron chi connectivity index (χ0n) is 11.3. The third-order valence-electron chi connectivity index (χ3n) is 3.22. The van der Waals surface area contributed by atoms with Crippen LogP contribution in [0.1, 0.15) is 29.9 Å². The summed E-state index contributed by atoms with van der Waals surface area (Å²) in [4.78, 5) is 0. The van der Waals surface area contributed by atoms with E-state index in [0.29, 0.717) is 23.7 Å². The van der Waals surface area contributed by atoms with E-state index in [9.17, 15) is 8.78 Å². The third kappa shape index (κ3) is 2.83. The Labute approximate surface area is 121 Å². The van der Waals surface area contributed by atoms with Crippen LogP contribution in [-0.2, 0) is 13.0 Å². The van der Waals surface area contributed by atoms with Crippen molar-refractivity contribution in [3.05, 3.63) is 51.8 Å². The number of rotatable bonds is 4. The number of hydrogen-bond acceptors (Lipinski definition) is 2. The predicted octanol–water partition coefficient (Wildman–Crippen LogP) is 3.39. The molecule has 3 nitrogen and oxygen atoms in total. The highest BCUT2D eigenvalue weighted by Crippen LogP contribution is 2.26. The summed E-state index contributed by atoms with van der Waals surface area (Å²) < 4.78 is 28.6. The van der Waals surface area contributed by atoms with Crippen molar-refractivity contribution >= 4 is 11.6 Å². The molecule has 0 saturated heterocycles. The molecule has 1 atom stereocenters. The molecule has 6 heteroatoms. The minimum Gasteiger partial charge on any atom is -0.324 e. The molecule has 2 rings (SSSR count). The lowest BCUT2D eigenvalue weighted by Gasteiger charge is -2.14. The van der Waals surface area contributed by atoms with Crippen molar-refractivity contribution in [2.75, 3.05) is 0 Å². The van der Waals surface area contributed by atoms with Crippen molar-refractivity contribution in [2.24, 2.45) is 5.73 Å². The van der Waals surface area contributed by atoms with Crippen molar-refractivity contribution in [3.8, 4) is 0 Å².